The Hall–Kier alpha value is -3.94. The van der Waals surface area contributed by atoms with Crippen LogP contribution >= 0.6 is 0 Å². The Balaban J connectivity index is 1.32. The van der Waals surface area contributed by atoms with Gasteiger partial charge in [-0.1, -0.05) is 37.1 Å². The lowest BCUT2D eigenvalue weighted by Gasteiger charge is -2.42. The molecular weight excluding hydrogens is 577 g/mol. The molecule has 10 heteroatoms. The van der Waals surface area contributed by atoms with Crippen molar-refractivity contribution in [3.63, 3.8) is 0 Å². The molecule has 4 atom stereocenters. The van der Waals surface area contributed by atoms with Crippen molar-refractivity contribution in [1.29, 1.82) is 0 Å². The number of nitrogens with one attached hydrogen (secondary N) is 1. The van der Waals surface area contributed by atoms with Gasteiger partial charge in [0.15, 0.2) is 5.82 Å². The lowest BCUT2D eigenvalue weighted by atomic mass is 9.95. The molecule has 6 heterocycles. The summed E-state index contributed by atoms with van der Waals surface area (Å²) in [5, 5.41) is 5.35. The summed E-state index contributed by atoms with van der Waals surface area (Å²) in [5.74, 6) is 1.91. The van der Waals surface area contributed by atoms with Gasteiger partial charge < -0.3 is 15.0 Å². The first-order valence-corrected chi connectivity index (χ1v) is 16.0. The second-order valence-electron chi connectivity index (χ2n) is 12.9. The molecule has 2 aromatic heterocycles. The number of pyridine rings is 1. The summed E-state index contributed by atoms with van der Waals surface area (Å²) in [7, 11) is 0. The van der Waals surface area contributed by atoms with Gasteiger partial charge in [-0.2, -0.15) is 9.97 Å². The number of terminal acetylenes is 1. The van der Waals surface area contributed by atoms with Crippen LogP contribution in [0.4, 0.5) is 19.0 Å². The van der Waals surface area contributed by atoms with Crippen LogP contribution in [0.15, 0.2) is 30.3 Å². The van der Waals surface area contributed by atoms with E-state index in [0.29, 0.717) is 59.2 Å². The van der Waals surface area contributed by atoms with Gasteiger partial charge >= 0.3 is 6.01 Å². The quantitative estimate of drug-likeness (QED) is 0.296. The van der Waals surface area contributed by atoms with Crippen molar-refractivity contribution < 1.29 is 17.9 Å². The van der Waals surface area contributed by atoms with E-state index in [2.05, 4.69) is 28.0 Å². The number of aromatic nitrogens is 3. The van der Waals surface area contributed by atoms with Crippen LogP contribution in [-0.2, 0) is 6.42 Å². The molecule has 2 aromatic carbocycles. The molecule has 0 bridgehead atoms. The lowest BCUT2D eigenvalue weighted by molar-refractivity contribution is 0.107. The minimum atomic E-state index is -0.893. The predicted octanol–water partition coefficient (Wildman–Crippen LogP) is 5.56. The summed E-state index contributed by atoms with van der Waals surface area (Å²) in [6.45, 7) is 5.12. The highest BCUT2D eigenvalue weighted by Gasteiger charge is 2.49. The first kappa shape index (κ1) is 28.5. The summed E-state index contributed by atoms with van der Waals surface area (Å²) < 4.78 is 52.7. The highest BCUT2D eigenvalue weighted by molar-refractivity contribution is 6.02. The number of alkyl halides is 1. The Morgan fingerprint density at radius 1 is 1.13 bits per heavy atom. The largest absolute Gasteiger partial charge is 0.461 e. The fraction of sp³-hybridized carbons (Fsp3) is 0.457. The number of benzene rings is 2. The van der Waals surface area contributed by atoms with Gasteiger partial charge in [0.25, 0.3) is 0 Å². The van der Waals surface area contributed by atoms with Crippen molar-refractivity contribution in [2.24, 2.45) is 0 Å². The topological polar surface area (TPSA) is 66.4 Å². The van der Waals surface area contributed by atoms with E-state index in [1.165, 1.54) is 6.07 Å². The second kappa shape index (κ2) is 10.8. The molecule has 0 aliphatic carbocycles. The zero-order chi connectivity index (χ0) is 30.9. The van der Waals surface area contributed by atoms with Gasteiger partial charge in [0.1, 0.15) is 35.6 Å². The maximum atomic E-state index is 17.0. The highest BCUT2D eigenvalue weighted by Crippen LogP contribution is 2.43. The van der Waals surface area contributed by atoms with E-state index in [0.717, 1.165) is 38.8 Å². The van der Waals surface area contributed by atoms with Gasteiger partial charge in [-0.15, -0.1) is 6.42 Å². The minimum absolute atomic E-state index is 0.0692. The molecule has 7 nitrogen and oxygen atoms in total. The molecule has 0 spiro atoms. The van der Waals surface area contributed by atoms with Crippen LogP contribution in [0.1, 0.15) is 50.3 Å². The summed E-state index contributed by atoms with van der Waals surface area (Å²) in [6.07, 6.45) is 9.42. The molecule has 45 heavy (non-hydrogen) atoms. The fourth-order valence-electron chi connectivity index (χ4n) is 8.39. The van der Waals surface area contributed by atoms with Crippen LogP contribution in [0.2, 0.25) is 0 Å². The summed E-state index contributed by atoms with van der Waals surface area (Å²) >= 11 is 0. The zero-order valence-corrected chi connectivity index (χ0v) is 25.3. The zero-order valence-electron chi connectivity index (χ0n) is 25.3. The molecule has 1 N–H and O–H groups in total. The van der Waals surface area contributed by atoms with Crippen molar-refractivity contribution in [1.82, 2.24) is 25.2 Å². The van der Waals surface area contributed by atoms with E-state index >= 15 is 4.39 Å². The lowest BCUT2D eigenvalue weighted by Crippen LogP contribution is -2.58. The Morgan fingerprint density at radius 3 is 2.87 bits per heavy atom. The number of piperazine rings is 1. The van der Waals surface area contributed by atoms with Crippen LogP contribution in [-0.4, -0.2) is 76.4 Å². The second-order valence-corrected chi connectivity index (χ2v) is 12.9. The average molecular weight is 613 g/mol. The van der Waals surface area contributed by atoms with Crippen LogP contribution < -0.4 is 15.0 Å². The summed E-state index contributed by atoms with van der Waals surface area (Å²) in [4.78, 5) is 19.0. The molecule has 3 saturated heterocycles. The SMILES string of the molecule is C#Cc1c(F)ccc2cccc(-c3nc4c5c(nc(OC[C@@]67CCCN6C[C@H](F)C7)nc5c3F)N3CCN[C@@H](CC)[C@H]3CC4)c12. The molecule has 8 rings (SSSR count). The molecule has 4 aliphatic heterocycles. The highest BCUT2D eigenvalue weighted by atomic mass is 19.1. The number of halogens is 3. The van der Waals surface area contributed by atoms with E-state index in [1.54, 1.807) is 18.2 Å². The Morgan fingerprint density at radius 2 is 2.02 bits per heavy atom. The van der Waals surface area contributed by atoms with Gasteiger partial charge in [0, 0.05) is 49.1 Å². The number of fused-ring (bicyclic) bond motifs is 4. The number of rotatable bonds is 5. The van der Waals surface area contributed by atoms with Crippen molar-refractivity contribution in [2.45, 2.75) is 69.2 Å². The maximum absolute atomic E-state index is 17.0. The van der Waals surface area contributed by atoms with Crippen LogP contribution in [0.5, 0.6) is 6.01 Å². The number of hydrogen-bond acceptors (Lipinski definition) is 7. The van der Waals surface area contributed by atoms with E-state index in [4.69, 9.17) is 26.1 Å². The van der Waals surface area contributed by atoms with E-state index in [9.17, 15) is 8.78 Å². The Kier molecular flexibility index (Phi) is 6.88. The Labute approximate surface area is 260 Å². The van der Waals surface area contributed by atoms with Gasteiger partial charge in [-0.05, 0) is 50.1 Å². The third-order valence-electron chi connectivity index (χ3n) is 10.5. The molecule has 4 aromatic rings. The number of hydrogen-bond donors (Lipinski definition) is 1. The number of ether oxygens (including phenoxy) is 1. The summed E-state index contributed by atoms with van der Waals surface area (Å²) in [6, 6.07) is 8.75. The molecule has 0 saturated carbocycles. The summed E-state index contributed by atoms with van der Waals surface area (Å²) in [5.41, 5.74) is 0.964. The third kappa shape index (κ3) is 4.46. The van der Waals surface area contributed by atoms with Crippen molar-refractivity contribution >= 4 is 27.5 Å². The van der Waals surface area contributed by atoms with Gasteiger partial charge in [0.2, 0.25) is 0 Å². The molecular formula is C35H35F3N6O. The normalized spacial score (nSPS) is 26.1. The molecule has 0 amide bonds. The molecule has 0 radical (unpaired) electrons. The van der Waals surface area contributed by atoms with Gasteiger partial charge in [-0.3, -0.25) is 4.90 Å². The van der Waals surface area contributed by atoms with Gasteiger partial charge in [-0.25, -0.2) is 18.2 Å². The van der Waals surface area contributed by atoms with Crippen LogP contribution in [0.3, 0.4) is 0 Å². The molecule has 3 fully saturated rings. The van der Waals surface area contributed by atoms with E-state index < -0.39 is 23.3 Å². The first-order valence-electron chi connectivity index (χ1n) is 16.0. The first-order chi connectivity index (χ1) is 21.9. The monoisotopic (exact) mass is 612 g/mol. The molecule has 0 unspecified atom stereocenters. The van der Waals surface area contributed by atoms with Crippen molar-refractivity contribution in [3.05, 3.63) is 53.2 Å². The van der Waals surface area contributed by atoms with Crippen LogP contribution in [0.25, 0.3) is 32.9 Å². The van der Waals surface area contributed by atoms with Crippen LogP contribution in [0, 0.1) is 24.0 Å². The van der Waals surface area contributed by atoms with E-state index in [-0.39, 0.29) is 41.5 Å². The number of aryl methyl sites for hydroxylation is 1. The molecule has 4 aliphatic rings. The van der Waals surface area contributed by atoms with Crippen molar-refractivity contribution in [3.8, 4) is 29.6 Å². The standard InChI is InChI=1S/C35H35F3N6O/c1-3-22-24(37)10-9-20-7-5-8-23(28(20)22)31-30(38)32-29-26(40-31)11-12-27-25(4-2)39-14-16-44(27)33(29)42-34(41-32)45-19-35-13-6-15-43(35)18-21(36)17-35/h1,5,7-10,21,25,27,39H,4,6,11-19H2,2H3/t21-,25+,27-,35+/m1/s1. The average Bonchev–Trinajstić information content (AvgIpc) is 3.52. The van der Waals surface area contributed by atoms with Gasteiger partial charge in [0.05, 0.1) is 22.2 Å². The smallest absolute Gasteiger partial charge is 0.319 e. The number of nitrogens with zero attached hydrogens (tertiary/aromatic N) is 5. The molecule has 232 valence electrons. The van der Waals surface area contributed by atoms with Crippen molar-refractivity contribution in [2.75, 3.05) is 37.7 Å². The number of anilines is 1. The maximum Gasteiger partial charge on any atom is 0.319 e. The fourth-order valence-corrected chi connectivity index (χ4v) is 8.39. The minimum Gasteiger partial charge on any atom is -0.461 e. The third-order valence-corrected chi connectivity index (χ3v) is 10.5. The Bertz CT molecular complexity index is 1880. The van der Waals surface area contributed by atoms with E-state index in [1.807, 2.05) is 6.07 Å². The predicted molar refractivity (Wildman–Crippen MR) is 168 cm³/mol.